The van der Waals surface area contributed by atoms with Crippen molar-refractivity contribution >= 4 is 10.9 Å². The number of rotatable bonds is 3. The van der Waals surface area contributed by atoms with E-state index in [0.29, 0.717) is 0 Å². The SMILES string of the molecule is Cc1cc(CNC2CCCCCC2O)c2ccccc2n1. The van der Waals surface area contributed by atoms with Gasteiger partial charge in [-0.1, -0.05) is 37.5 Å². The molecule has 1 fully saturated rings. The van der Waals surface area contributed by atoms with Crippen LogP contribution in [0, 0.1) is 6.92 Å². The Bertz CT molecular complexity index is 611. The fourth-order valence-corrected chi connectivity index (χ4v) is 3.31. The van der Waals surface area contributed by atoms with E-state index in [1.54, 1.807) is 0 Å². The summed E-state index contributed by atoms with van der Waals surface area (Å²) in [5, 5.41) is 15.0. The predicted octanol–water partition coefficient (Wildman–Crippen LogP) is 3.33. The number of aromatic nitrogens is 1. The number of aliphatic hydroxyl groups excluding tert-OH is 1. The minimum Gasteiger partial charge on any atom is -0.392 e. The number of nitrogens with zero attached hydrogens (tertiary/aromatic N) is 1. The zero-order valence-electron chi connectivity index (χ0n) is 12.7. The average molecular weight is 284 g/mol. The molecule has 0 spiro atoms. The van der Waals surface area contributed by atoms with Gasteiger partial charge in [-0.25, -0.2) is 0 Å². The van der Waals surface area contributed by atoms with Crippen LogP contribution in [0.2, 0.25) is 0 Å². The molecular weight excluding hydrogens is 260 g/mol. The highest BCUT2D eigenvalue weighted by atomic mass is 16.3. The van der Waals surface area contributed by atoms with Gasteiger partial charge in [-0.3, -0.25) is 4.98 Å². The van der Waals surface area contributed by atoms with Crippen LogP contribution < -0.4 is 5.32 Å². The van der Waals surface area contributed by atoms with E-state index in [-0.39, 0.29) is 12.1 Å². The first kappa shape index (κ1) is 14.5. The lowest BCUT2D eigenvalue weighted by Gasteiger charge is -2.22. The van der Waals surface area contributed by atoms with Crippen molar-refractivity contribution in [2.24, 2.45) is 0 Å². The van der Waals surface area contributed by atoms with Gasteiger partial charge < -0.3 is 10.4 Å². The van der Waals surface area contributed by atoms with E-state index in [1.807, 2.05) is 13.0 Å². The summed E-state index contributed by atoms with van der Waals surface area (Å²) in [6.45, 7) is 2.84. The molecule has 0 aliphatic heterocycles. The van der Waals surface area contributed by atoms with Crippen molar-refractivity contribution in [3.05, 3.63) is 41.6 Å². The normalized spacial score (nSPS) is 23.1. The first-order chi connectivity index (χ1) is 10.2. The minimum absolute atomic E-state index is 0.207. The van der Waals surface area contributed by atoms with E-state index in [1.165, 1.54) is 23.8 Å². The Morgan fingerprint density at radius 1 is 1.19 bits per heavy atom. The largest absolute Gasteiger partial charge is 0.392 e. The maximum absolute atomic E-state index is 10.2. The van der Waals surface area contributed by atoms with Crippen LogP contribution in [0.5, 0.6) is 0 Å². The van der Waals surface area contributed by atoms with Gasteiger partial charge in [-0.05, 0) is 37.5 Å². The standard InChI is InChI=1S/C18H24N2O/c1-13-11-14(15-7-5-6-8-16(15)20-13)12-19-17-9-3-2-4-10-18(17)21/h5-8,11,17-19,21H,2-4,9-10,12H2,1H3. The molecule has 0 amide bonds. The molecule has 3 heteroatoms. The second-order valence-electron chi connectivity index (χ2n) is 6.13. The second-order valence-corrected chi connectivity index (χ2v) is 6.13. The van der Waals surface area contributed by atoms with Crippen LogP contribution in [0.25, 0.3) is 10.9 Å². The van der Waals surface area contributed by atoms with Gasteiger partial charge >= 0.3 is 0 Å². The molecule has 1 aromatic heterocycles. The Hall–Kier alpha value is -1.45. The molecule has 0 saturated heterocycles. The number of fused-ring (bicyclic) bond motifs is 1. The molecule has 2 atom stereocenters. The molecule has 112 valence electrons. The third kappa shape index (κ3) is 3.42. The van der Waals surface area contributed by atoms with Crippen molar-refractivity contribution in [2.75, 3.05) is 0 Å². The molecule has 2 aromatic rings. The fourth-order valence-electron chi connectivity index (χ4n) is 3.31. The summed E-state index contributed by atoms with van der Waals surface area (Å²) in [6, 6.07) is 10.6. The van der Waals surface area contributed by atoms with Gasteiger partial charge in [-0.15, -0.1) is 0 Å². The van der Waals surface area contributed by atoms with Gasteiger partial charge in [0.2, 0.25) is 0 Å². The van der Waals surface area contributed by atoms with Crippen LogP contribution >= 0.6 is 0 Å². The van der Waals surface area contributed by atoms with E-state index in [9.17, 15) is 5.11 Å². The lowest BCUT2D eigenvalue weighted by Crippen LogP contribution is -2.38. The van der Waals surface area contributed by atoms with Crippen LogP contribution in [0.3, 0.4) is 0 Å². The van der Waals surface area contributed by atoms with Crippen molar-refractivity contribution < 1.29 is 5.11 Å². The van der Waals surface area contributed by atoms with Gasteiger partial charge in [0.15, 0.2) is 0 Å². The highest BCUT2D eigenvalue weighted by Gasteiger charge is 2.21. The van der Waals surface area contributed by atoms with E-state index in [2.05, 4.69) is 34.6 Å². The number of hydrogen-bond acceptors (Lipinski definition) is 3. The van der Waals surface area contributed by atoms with Gasteiger partial charge in [0.1, 0.15) is 0 Å². The molecule has 0 bridgehead atoms. The maximum Gasteiger partial charge on any atom is 0.0708 e. The molecule has 1 saturated carbocycles. The summed E-state index contributed by atoms with van der Waals surface area (Å²) in [5.41, 5.74) is 3.37. The van der Waals surface area contributed by atoms with Crippen molar-refractivity contribution in [3.8, 4) is 0 Å². The number of aryl methyl sites for hydroxylation is 1. The third-order valence-corrected chi connectivity index (χ3v) is 4.46. The number of aliphatic hydroxyl groups is 1. The Balaban J connectivity index is 1.78. The first-order valence-electron chi connectivity index (χ1n) is 8.01. The van der Waals surface area contributed by atoms with E-state index in [4.69, 9.17) is 0 Å². The average Bonchev–Trinajstić information content (AvgIpc) is 2.69. The smallest absolute Gasteiger partial charge is 0.0708 e. The minimum atomic E-state index is -0.207. The topological polar surface area (TPSA) is 45.1 Å². The fraction of sp³-hybridized carbons (Fsp3) is 0.500. The predicted molar refractivity (Wildman–Crippen MR) is 86.2 cm³/mol. The summed E-state index contributed by atoms with van der Waals surface area (Å²) >= 11 is 0. The molecule has 0 radical (unpaired) electrons. The van der Waals surface area contributed by atoms with Crippen molar-refractivity contribution in [1.29, 1.82) is 0 Å². The second kappa shape index (κ2) is 6.54. The Morgan fingerprint density at radius 2 is 2.00 bits per heavy atom. The van der Waals surface area contributed by atoms with E-state index >= 15 is 0 Å². The highest BCUT2D eigenvalue weighted by Crippen LogP contribution is 2.21. The lowest BCUT2D eigenvalue weighted by atomic mass is 10.0. The zero-order valence-corrected chi connectivity index (χ0v) is 12.7. The van der Waals surface area contributed by atoms with Crippen molar-refractivity contribution in [2.45, 2.75) is 57.7 Å². The third-order valence-electron chi connectivity index (χ3n) is 4.46. The van der Waals surface area contributed by atoms with Gasteiger partial charge in [0.25, 0.3) is 0 Å². The molecule has 1 heterocycles. The lowest BCUT2D eigenvalue weighted by molar-refractivity contribution is 0.119. The van der Waals surface area contributed by atoms with Gasteiger partial charge in [-0.2, -0.15) is 0 Å². The number of hydrogen-bond donors (Lipinski definition) is 2. The zero-order chi connectivity index (χ0) is 14.7. The molecule has 1 aromatic carbocycles. The molecule has 3 nitrogen and oxygen atoms in total. The summed E-state index contributed by atoms with van der Waals surface area (Å²) in [4.78, 5) is 4.58. The Labute approximate surface area is 126 Å². The summed E-state index contributed by atoms with van der Waals surface area (Å²) in [7, 11) is 0. The number of pyridine rings is 1. The Kier molecular flexibility index (Phi) is 4.51. The van der Waals surface area contributed by atoms with Crippen molar-refractivity contribution in [3.63, 3.8) is 0 Å². The molecule has 2 unspecified atom stereocenters. The van der Waals surface area contributed by atoms with Crippen LogP contribution in [0.15, 0.2) is 30.3 Å². The summed E-state index contributed by atoms with van der Waals surface area (Å²) in [5.74, 6) is 0. The quantitative estimate of drug-likeness (QED) is 0.850. The summed E-state index contributed by atoms with van der Waals surface area (Å²) < 4.78 is 0. The molecular formula is C18H24N2O. The van der Waals surface area contributed by atoms with Crippen LogP contribution in [0.4, 0.5) is 0 Å². The molecule has 2 N–H and O–H groups in total. The molecule has 1 aliphatic rings. The van der Waals surface area contributed by atoms with E-state index < -0.39 is 0 Å². The van der Waals surface area contributed by atoms with Gasteiger partial charge in [0, 0.05) is 23.7 Å². The number of nitrogens with one attached hydrogen (secondary N) is 1. The highest BCUT2D eigenvalue weighted by molar-refractivity contribution is 5.82. The van der Waals surface area contributed by atoms with Crippen LogP contribution in [0.1, 0.15) is 43.4 Å². The summed E-state index contributed by atoms with van der Waals surface area (Å²) in [6.07, 6.45) is 5.40. The first-order valence-corrected chi connectivity index (χ1v) is 8.01. The van der Waals surface area contributed by atoms with Crippen LogP contribution in [-0.2, 0) is 6.54 Å². The maximum atomic E-state index is 10.2. The van der Waals surface area contributed by atoms with Crippen LogP contribution in [-0.4, -0.2) is 22.2 Å². The van der Waals surface area contributed by atoms with Gasteiger partial charge in [0.05, 0.1) is 11.6 Å². The van der Waals surface area contributed by atoms with Crippen molar-refractivity contribution in [1.82, 2.24) is 10.3 Å². The van der Waals surface area contributed by atoms with E-state index in [0.717, 1.165) is 37.0 Å². The molecule has 1 aliphatic carbocycles. The Morgan fingerprint density at radius 3 is 2.90 bits per heavy atom. The number of benzene rings is 1. The number of para-hydroxylation sites is 1. The molecule has 21 heavy (non-hydrogen) atoms. The molecule has 3 rings (SSSR count). The monoisotopic (exact) mass is 284 g/mol.